The number of rotatable bonds is 3. The molecule has 3 aromatic rings. The highest BCUT2D eigenvalue weighted by molar-refractivity contribution is 7.19. The number of aryl methyl sites for hydroxylation is 3. The van der Waals surface area contributed by atoms with Gasteiger partial charge >= 0.3 is 0 Å². The average Bonchev–Trinajstić information content (AvgIpc) is 2.90. The molecular weight excluding hydrogens is 294 g/mol. The molecule has 0 unspecified atom stereocenters. The van der Waals surface area contributed by atoms with Crippen LogP contribution in [0.1, 0.15) is 17.4 Å². The van der Waals surface area contributed by atoms with E-state index < -0.39 is 0 Å². The fourth-order valence-corrected chi connectivity index (χ4v) is 3.42. The first-order chi connectivity index (χ1) is 10.6. The van der Waals surface area contributed by atoms with Crippen molar-refractivity contribution in [1.82, 2.24) is 0 Å². The van der Waals surface area contributed by atoms with Crippen molar-refractivity contribution in [3.8, 4) is 5.75 Å². The fourth-order valence-electron chi connectivity index (χ4n) is 2.38. The lowest BCUT2D eigenvalue weighted by atomic mass is 10.1. The van der Waals surface area contributed by atoms with Crippen molar-refractivity contribution in [2.24, 2.45) is 17.3 Å². The molecule has 0 radical (unpaired) electrons. The molecule has 0 saturated heterocycles. The molecular formula is C17H18N3OS+. The van der Waals surface area contributed by atoms with Crippen LogP contribution in [0.3, 0.4) is 0 Å². The maximum absolute atomic E-state index is 10.2. The van der Waals surface area contributed by atoms with Gasteiger partial charge < -0.3 is 5.11 Å². The van der Waals surface area contributed by atoms with Crippen molar-refractivity contribution < 1.29 is 9.67 Å². The normalized spacial score (nSPS) is 11.6. The fraction of sp³-hybridized carbons (Fsp3) is 0.235. The Balaban J connectivity index is 2.12. The predicted molar refractivity (Wildman–Crippen MR) is 89.4 cm³/mol. The first-order valence-electron chi connectivity index (χ1n) is 7.20. The average molecular weight is 312 g/mol. The van der Waals surface area contributed by atoms with E-state index in [1.807, 2.05) is 49.1 Å². The van der Waals surface area contributed by atoms with E-state index in [2.05, 4.69) is 17.2 Å². The lowest BCUT2D eigenvalue weighted by Crippen LogP contribution is -2.25. The van der Waals surface area contributed by atoms with Gasteiger partial charge in [0, 0.05) is 22.4 Å². The van der Waals surface area contributed by atoms with Crippen molar-refractivity contribution in [2.75, 3.05) is 0 Å². The van der Waals surface area contributed by atoms with Gasteiger partial charge in [-0.1, -0.05) is 6.92 Å². The van der Waals surface area contributed by atoms with E-state index >= 15 is 0 Å². The molecule has 0 bridgehead atoms. The number of hydrogen-bond acceptors (Lipinski definition) is 4. The number of fused-ring (bicyclic) bond motifs is 1. The van der Waals surface area contributed by atoms with E-state index in [4.69, 9.17) is 0 Å². The number of hydrogen-bond donors (Lipinski definition) is 1. The van der Waals surface area contributed by atoms with Gasteiger partial charge in [-0.2, -0.15) is 5.11 Å². The summed E-state index contributed by atoms with van der Waals surface area (Å²) >= 11 is 1.64. The first kappa shape index (κ1) is 14.7. The highest BCUT2D eigenvalue weighted by Gasteiger charge is 2.13. The molecule has 0 aliphatic carbocycles. The highest BCUT2D eigenvalue weighted by Crippen LogP contribution is 2.42. The Labute approximate surface area is 133 Å². The van der Waals surface area contributed by atoms with Crippen molar-refractivity contribution in [3.63, 3.8) is 0 Å². The van der Waals surface area contributed by atoms with Crippen LogP contribution in [-0.4, -0.2) is 5.11 Å². The molecule has 0 fully saturated rings. The smallest absolute Gasteiger partial charge is 0.170 e. The lowest BCUT2D eigenvalue weighted by molar-refractivity contribution is -0.671. The Morgan fingerprint density at radius 2 is 1.91 bits per heavy atom. The van der Waals surface area contributed by atoms with E-state index in [0.29, 0.717) is 5.75 Å². The minimum atomic E-state index is 0.321. The highest BCUT2D eigenvalue weighted by atomic mass is 32.1. The largest absolute Gasteiger partial charge is 0.507 e. The third-order valence-electron chi connectivity index (χ3n) is 3.57. The first-order valence-corrected chi connectivity index (χ1v) is 8.02. The second kappa shape index (κ2) is 5.85. The molecule has 0 spiro atoms. The lowest BCUT2D eigenvalue weighted by Gasteiger charge is -2.05. The van der Waals surface area contributed by atoms with E-state index in [0.717, 1.165) is 38.3 Å². The molecule has 0 atom stereocenters. The zero-order chi connectivity index (χ0) is 15.7. The molecule has 4 nitrogen and oxygen atoms in total. The van der Waals surface area contributed by atoms with Gasteiger partial charge in [-0.05, 0) is 31.0 Å². The third kappa shape index (κ3) is 2.72. The molecule has 2 aromatic heterocycles. The zero-order valence-electron chi connectivity index (χ0n) is 12.9. The van der Waals surface area contributed by atoms with Crippen LogP contribution in [0.15, 0.2) is 46.9 Å². The number of phenols is 1. The quantitative estimate of drug-likeness (QED) is 0.552. The van der Waals surface area contributed by atoms with Crippen LogP contribution in [0.5, 0.6) is 5.75 Å². The molecule has 1 aromatic carbocycles. The third-order valence-corrected chi connectivity index (χ3v) is 4.63. The maximum Gasteiger partial charge on any atom is 0.170 e. The number of aromatic hydroxyl groups is 1. The summed E-state index contributed by atoms with van der Waals surface area (Å²) in [5.74, 6) is 0.321. The van der Waals surface area contributed by atoms with Gasteiger partial charge in [0.2, 0.25) is 0 Å². The van der Waals surface area contributed by atoms with Crippen LogP contribution in [0.25, 0.3) is 10.1 Å². The van der Waals surface area contributed by atoms with Gasteiger partial charge in [0.05, 0.1) is 10.4 Å². The predicted octanol–water partition coefficient (Wildman–Crippen LogP) is 4.72. The van der Waals surface area contributed by atoms with Gasteiger partial charge in [-0.3, -0.25) is 0 Å². The molecule has 5 heteroatoms. The Morgan fingerprint density at radius 3 is 2.59 bits per heavy atom. The molecule has 0 aliphatic heterocycles. The molecule has 112 valence electrons. The van der Waals surface area contributed by atoms with Crippen molar-refractivity contribution in [1.29, 1.82) is 0 Å². The van der Waals surface area contributed by atoms with Crippen molar-refractivity contribution >= 4 is 32.8 Å². The molecule has 1 N–H and O–H groups in total. The van der Waals surface area contributed by atoms with Crippen LogP contribution in [0, 0.1) is 6.92 Å². The molecule has 0 saturated carbocycles. The van der Waals surface area contributed by atoms with E-state index in [1.165, 1.54) is 0 Å². The van der Waals surface area contributed by atoms with Crippen LogP contribution < -0.4 is 4.57 Å². The molecule has 2 heterocycles. The number of aromatic nitrogens is 1. The number of pyridine rings is 1. The van der Waals surface area contributed by atoms with E-state index in [9.17, 15) is 5.11 Å². The number of thiophene rings is 1. The van der Waals surface area contributed by atoms with Gasteiger partial charge in [0.15, 0.2) is 12.4 Å². The summed E-state index contributed by atoms with van der Waals surface area (Å²) in [5, 5.41) is 19.8. The van der Waals surface area contributed by atoms with E-state index in [1.54, 1.807) is 17.4 Å². The Bertz CT molecular complexity index is 850. The second-order valence-electron chi connectivity index (χ2n) is 5.28. The second-order valence-corrected chi connectivity index (χ2v) is 6.53. The van der Waals surface area contributed by atoms with Crippen LogP contribution in [0.2, 0.25) is 0 Å². The number of phenolic OH excluding ortho intramolecular Hbond substituents is 1. The Morgan fingerprint density at radius 1 is 1.18 bits per heavy atom. The SMILES string of the molecule is CCc1cc(O)c2cc(C)sc2c1N=Nc1cc[n+](C)cc1. The van der Waals surface area contributed by atoms with Gasteiger partial charge in [0.25, 0.3) is 0 Å². The van der Waals surface area contributed by atoms with Crippen LogP contribution in [-0.2, 0) is 13.5 Å². The van der Waals surface area contributed by atoms with Gasteiger partial charge in [0.1, 0.15) is 18.5 Å². The van der Waals surface area contributed by atoms with Gasteiger partial charge in [-0.15, -0.1) is 16.5 Å². The standard InChI is InChI=1S/C17H17N3OS/c1-4-12-10-15(21)14-9-11(2)22-17(14)16(12)19-18-13-5-7-20(3)8-6-13/h5-10H,4H2,1-3H3/p+1. The monoisotopic (exact) mass is 312 g/mol. The summed E-state index contributed by atoms with van der Waals surface area (Å²) in [6.45, 7) is 4.09. The summed E-state index contributed by atoms with van der Waals surface area (Å²) in [6.07, 6.45) is 4.69. The Kier molecular flexibility index (Phi) is 3.90. The Hall–Kier alpha value is -2.27. The van der Waals surface area contributed by atoms with Crippen LogP contribution in [0.4, 0.5) is 11.4 Å². The molecule has 22 heavy (non-hydrogen) atoms. The molecule has 0 amide bonds. The number of nitrogens with zero attached hydrogens (tertiary/aromatic N) is 3. The van der Waals surface area contributed by atoms with Crippen molar-refractivity contribution in [2.45, 2.75) is 20.3 Å². The molecule has 3 rings (SSSR count). The maximum atomic E-state index is 10.2. The summed E-state index contributed by atoms with van der Waals surface area (Å²) in [6, 6.07) is 7.64. The summed E-state index contributed by atoms with van der Waals surface area (Å²) in [5.41, 5.74) is 2.69. The number of benzene rings is 1. The van der Waals surface area contributed by atoms with Gasteiger partial charge in [-0.25, -0.2) is 4.57 Å². The summed E-state index contributed by atoms with van der Waals surface area (Å²) < 4.78 is 2.96. The van der Waals surface area contributed by atoms with Crippen molar-refractivity contribution in [3.05, 3.63) is 47.1 Å². The van der Waals surface area contributed by atoms with E-state index in [-0.39, 0.29) is 0 Å². The zero-order valence-corrected chi connectivity index (χ0v) is 13.7. The molecule has 0 aliphatic rings. The summed E-state index contributed by atoms with van der Waals surface area (Å²) in [4.78, 5) is 1.15. The van der Waals surface area contributed by atoms with Crippen LogP contribution >= 0.6 is 11.3 Å². The minimum absolute atomic E-state index is 0.321. The minimum Gasteiger partial charge on any atom is -0.507 e. The summed E-state index contributed by atoms with van der Waals surface area (Å²) in [7, 11) is 1.97. The number of azo groups is 1. The topological polar surface area (TPSA) is 48.8 Å².